The van der Waals surface area contributed by atoms with E-state index in [1.165, 1.54) is 6.26 Å². The monoisotopic (exact) mass is 206 g/mol. The minimum atomic E-state index is -3.13. The number of rotatable bonds is 1. The van der Waals surface area contributed by atoms with E-state index >= 15 is 0 Å². The molecule has 72 valence electrons. The van der Waals surface area contributed by atoms with Crippen LogP contribution in [0.25, 0.3) is 10.8 Å². The van der Waals surface area contributed by atoms with Crippen molar-refractivity contribution in [3.63, 3.8) is 0 Å². The van der Waals surface area contributed by atoms with Gasteiger partial charge in [-0.3, -0.25) is 0 Å². The molecule has 0 saturated carbocycles. The summed E-state index contributed by atoms with van der Waals surface area (Å²) in [4.78, 5) is 0.399. The molecule has 2 aromatic rings. The Balaban J connectivity index is 2.92. The van der Waals surface area contributed by atoms with Crippen LogP contribution in [0.4, 0.5) is 0 Å². The maximum atomic E-state index is 11.4. The summed E-state index contributed by atoms with van der Waals surface area (Å²) in [7, 11) is -3.13. The van der Waals surface area contributed by atoms with Crippen LogP contribution in [0.5, 0.6) is 0 Å². The lowest BCUT2D eigenvalue weighted by atomic mass is 10.1. The standard InChI is InChI=1S/C11H10O2S/c1-14(12,13)11-8-4-6-9-5-2-3-7-10(9)11/h2-8H,1H3. The highest BCUT2D eigenvalue weighted by molar-refractivity contribution is 7.91. The van der Waals surface area contributed by atoms with Gasteiger partial charge in [0, 0.05) is 11.6 Å². The summed E-state index contributed by atoms with van der Waals surface area (Å²) in [6, 6.07) is 12.8. The summed E-state index contributed by atoms with van der Waals surface area (Å²) >= 11 is 0. The lowest BCUT2D eigenvalue weighted by Crippen LogP contribution is -1.97. The van der Waals surface area contributed by atoms with Crippen LogP contribution in [-0.4, -0.2) is 14.7 Å². The molecule has 2 aromatic carbocycles. The molecule has 0 atom stereocenters. The Morgan fingerprint density at radius 2 is 1.57 bits per heavy atom. The van der Waals surface area contributed by atoms with Gasteiger partial charge in [0.1, 0.15) is 0 Å². The predicted molar refractivity (Wildman–Crippen MR) is 57.1 cm³/mol. The maximum absolute atomic E-state index is 11.4. The number of fused-ring (bicyclic) bond motifs is 1. The summed E-state index contributed by atoms with van der Waals surface area (Å²) in [5.74, 6) is 0. The smallest absolute Gasteiger partial charge is 0.176 e. The normalized spacial score (nSPS) is 11.8. The largest absolute Gasteiger partial charge is 0.224 e. The van der Waals surface area contributed by atoms with Crippen molar-refractivity contribution in [1.82, 2.24) is 0 Å². The third-order valence-electron chi connectivity index (χ3n) is 2.15. The van der Waals surface area contributed by atoms with Gasteiger partial charge in [-0.25, -0.2) is 8.42 Å². The number of hydrogen-bond acceptors (Lipinski definition) is 2. The number of sulfone groups is 1. The second kappa shape index (κ2) is 3.10. The molecule has 0 fully saturated rings. The molecule has 0 unspecified atom stereocenters. The fraction of sp³-hybridized carbons (Fsp3) is 0.0909. The zero-order chi connectivity index (χ0) is 10.2. The highest BCUT2D eigenvalue weighted by atomic mass is 32.2. The molecular formula is C11H10O2S. The van der Waals surface area contributed by atoms with Crippen molar-refractivity contribution >= 4 is 20.6 Å². The number of benzene rings is 2. The zero-order valence-electron chi connectivity index (χ0n) is 7.77. The summed E-state index contributed by atoms with van der Waals surface area (Å²) < 4.78 is 22.9. The second-order valence-corrected chi connectivity index (χ2v) is 5.23. The van der Waals surface area contributed by atoms with Gasteiger partial charge in [-0.15, -0.1) is 0 Å². The van der Waals surface area contributed by atoms with Crippen molar-refractivity contribution < 1.29 is 8.42 Å². The Morgan fingerprint density at radius 3 is 2.29 bits per heavy atom. The van der Waals surface area contributed by atoms with E-state index < -0.39 is 9.84 Å². The third-order valence-corrected chi connectivity index (χ3v) is 3.30. The van der Waals surface area contributed by atoms with Crippen LogP contribution in [0.1, 0.15) is 0 Å². The van der Waals surface area contributed by atoms with E-state index in [1.807, 2.05) is 30.3 Å². The van der Waals surface area contributed by atoms with Gasteiger partial charge in [-0.2, -0.15) is 0 Å². The average Bonchev–Trinajstić information content (AvgIpc) is 2.15. The van der Waals surface area contributed by atoms with Crippen molar-refractivity contribution in [2.75, 3.05) is 6.26 Å². The van der Waals surface area contributed by atoms with Gasteiger partial charge in [-0.05, 0) is 11.5 Å². The lowest BCUT2D eigenvalue weighted by molar-refractivity contribution is 0.602. The van der Waals surface area contributed by atoms with E-state index in [2.05, 4.69) is 0 Å². The number of hydrogen-bond donors (Lipinski definition) is 0. The Kier molecular flexibility index (Phi) is 2.04. The van der Waals surface area contributed by atoms with E-state index in [-0.39, 0.29) is 0 Å². The molecule has 0 radical (unpaired) electrons. The first-order valence-corrected chi connectivity index (χ1v) is 6.16. The SMILES string of the molecule is CS(=O)(=O)c1cccc2ccccc12. The van der Waals surface area contributed by atoms with E-state index in [9.17, 15) is 8.42 Å². The van der Waals surface area contributed by atoms with Crippen molar-refractivity contribution in [3.05, 3.63) is 42.5 Å². The molecule has 0 aliphatic rings. The molecule has 3 heteroatoms. The van der Waals surface area contributed by atoms with Crippen molar-refractivity contribution in [1.29, 1.82) is 0 Å². The zero-order valence-corrected chi connectivity index (χ0v) is 8.58. The van der Waals surface area contributed by atoms with Crippen LogP contribution in [0.3, 0.4) is 0 Å². The average molecular weight is 206 g/mol. The molecule has 0 spiro atoms. The Bertz CT molecular complexity index is 565. The summed E-state index contributed by atoms with van der Waals surface area (Å²) in [5.41, 5.74) is 0. The Morgan fingerprint density at radius 1 is 0.929 bits per heavy atom. The van der Waals surface area contributed by atoms with E-state index in [0.29, 0.717) is 4.90 Å². The molecule has 0 aliphatic heterocycles. The van der Waals surface area contributed by atoms with Gasteiger partial charge < -0.3 is 0 Å². The highest BCUT2D eigenvalue weighted by Gasteiger charge is 2.09. The molecule has 0 amide bonds. The molecule has 0 saturated heterocycles. The fourth-order valence-corrected chi connectivity index (χ4v) is 2.43. The quantitative estimate of drug-likeness (QED) is 0.717. The van der Waals surface area contributed by atoms with Gasteiger partial charge >= 0.3 is 0 Å². The van der Waals surface area contributed by atoms with Crippen LogP contribution < -0.4 is 0 Å². The maximum Gasteiger partial charge on any atom is 0.176 e. The second-order valence-electron chi connectivity index (χ2n) is 3.25. The van der Waals surface area contributed by atoms with Crippen LogP contribution in [-0.2, 0) is 9.84 Å². The van der Waals surface area contributed by atoms with E-state index in [1.54, 1.807) is 12.1 Å². The molecule has 14 heavy (non-hydrogen) atoms. The molecule has 2 rings (SSSR count). The molecule has 0 bridgehead atoms. The minimum Gasteiger partial charge on any atom is -0.224 e. The molecular weight excluding hydrogens is 196 g/mol. The fourth-order valence-electron chi connectivity index (χ4n) is 1.52. The molecule has 0 heterocycles. The Hall–Kier alpha value is -1.35. The van der Waals surface area contributed by atoms with Gasteiger partial charge in [0.15, 0.2) is 9.84 Å². The summed E-state index contributed by atoms with van der Waals surface area (Å²) in [6.07, 6.45) is 1.23. The Labute approximate surface area is 83.1 Å². The lowest BCUT2D eigenvalue weighted by Gasteiger charge is -2.03. The van der Waals surface area contributed by atoms with Crippen LogP contribution >= 0.6 is 0 Å². The van der Waals surface area contributed by atoms with Crippen molar-refractivity contribution in [3.8, 4) is 0 Å². The predicted octanol–water partition coefficient (Wildman–Crippen LogP) is 2.24. The molecule has 0 aromatic heterocycles. The van der Waals surface area contributed by atoms with Gasteiger partial charge in [0.25, 0.3) is 0 Å². The van der Waals surface area contributed by atoms with Gasteiger partial charge in [-0.1, -0.05) is 36.4 Å². The van der Waals surface area contributed by atoms with E-state index in [0.717, 1.165) is 10.8 Å². The van der Waals surface area contributed by atoms with Crippen molar-refractivity contribution in [2.24, 2.45) is 0 Å². The minimum absolute atomic E-state index is 0.399. The highest BCUT2D eigenvalue weighted by Crippen LogP contribution is 2.22. The first-order chi connectivity index (χ1) is 6.59. The molecule has 0 N–H and O–H groups in total. The van der Waals surface area contributed by atoms with Gasteiger partial charge in [0.05, 0.1) is 4.90 Å². The summed E-state index contributed by atoms with van der Waals surface area (Å²) in [6.45, 7) is 0. The van der Waals surface area contributed by atoms with Gasteiger partial charge in [0.2, 0.25) is 0 Å². The van der Waals surface area contributed by atoms with Crippen LogP contribution in [0, 0.1) is 0 Å². The van der Waals surface area contributed by atoms with Crippen LogP contribution in [0.15, 0.2) is 47.4 Å². The first-order valence-electron chi connectivity index (χ1n) is 4.27. The molecule has 2 nitrogen and oxygen atoms in total. The topological polar surface area (TPSA) is 34.1 Å². The third kappa shape index (κ3) is 1.51. The van der Waals surface area contributed by atoms with Crippen molar-refractivity contribution in [2.45, 2.75) is 4.90 Å². The molecule has 0 aliphatic carbocycles. The van der Waals surface area contributed by atoms with E-state index in [4.69, 9.17) is 0 Å². The first kappa shape index (κ1) is 9.21. The summed E-state index contributed by atoms with van der Waals surface area (Å²) in [5, 5.41) is 1.74. The van der Waals surface area contributed by atoms with Crippen LogP contribution in [0.2, 0.25) is 0 Å².